The van der Waals surface area contributed by atoms with Crippen LogP contribution in [0.3, 0.4) is 0 Å². The molecule has 0 aliphatic carbocycles. The minimum atomic E-state index is -3.53. The summed E-state index contributed by atoms with van der Waals surface area (Å²) in [7, 11) is -1.91. The number of nitrogens with zero attached hydrogens (tertiary/aromatic N) is 5. The van der Waals surface area contributed by atoms with E-state index in [1.165, 1.54) is 11.8 Å². The van der Waals surface area contributed by atoms with Gasteiger partial charge in [-0.2, -0.15) is 9.29 Å². The van der Waals surface area contributed by atoms with Crippen LogP contribution in [0.2, 0.25) is 0 Å². The van der Waals surface area contributed by atoms with Gasteiger partial charge in [-0.1, -0.05) is 16.9 Å². The van der Waals surface area contributed by atoms with E-state index >= 15 is 0 Å². The van der Waals surface area contributed by atoms with E-state index in [0.29, 0.717) is 42.6 Å². The molecule has 2 aromatic heterocycles. The average Bonchev–Trinajstić information content (AvgIpc) is 3.75. The van der Waals surface area contributed by atoms with Crippen LogP contribution in [0.5, 0.6) is 5.75 Å². The summed E-state index contributed by atoms with van der Waals surface area (Å²) in [5.41, 5.74) is 2.35. The first kappa shape index (κ1) is 25.4. The molecule has 6 rings (SSSR count). The number of aromatic nitrogens is 4. The Kier molecular flexibility index (Phi) is 7.12. The van der Waals surface area contributed by atoms with Crippen LogP contribution in [0.1, 0.15) is 31.5 Å². The molecule has 2 aromatic carbocycles. The van der Waals surface area contributed by atoms with E-state index in [2.05, 4.69) is 14.7 Å². The van der Waals surface area contributed by atoms with E-state index in [1.54, 1.807) is 23.5 Å². The predicted octanol–water partition coefficient (Wildman–Crippen LogP) is 4.35. The number of benzene rings is 2. The highest BCUT2D eigenvalue weighted by atomic mass is 32.2. The molecular weight excluding hydrogens is 526 g/mol. The summed E-state index contributed by atoms with van der Waals surface area (Å²) in [6, 6.07) is 12.7. The number of methoxy groups -OCH3 is 1. The lowest BCUT2D eigenvalue weighted by molar-refractivity contribution is 0.0960. The van der Waals surface area contributed by atoms with Gasteiger partial charge in [-0.3, -0.25) is 0 Å². The predicted molar refractivity (Wildman–Crippen MR) is 143 cm³/mol. The summed E-state index contributed by atoms with van der Waals surface area (Å²) < 4.78 is 46.6. The first-order valence-corrected chi connectivity index (χ1v) is 15.2. The molecule has 2 fully saturated rings. The van der Waals surface area contributed by atoms with Crippen LogP contribution < -0.4 is 4.74 Å². The van der Waals surface area contributed by atoms with E-state index in [-0.39, 0.29) is 11.0 Å². The monoisotopic (exact) mass is 555 g/mol. The molecule has 4 heterocycles. The third-order valence-corrected chi connectivity index (χ3v) is 9.80. The lowest BCUT2D eigenvalue weighted by atomic mass is 10.2. The third kappa shape index (κ3) is 5.05. The number of ether oxygens (including phenoxy) is 2. The van der Waals surface area contributed by atoms with E-state index < -0.39 is 10.0 Å². The molecular formula is C26H29N5O5S2. The van der Waals surface area contributed by atoms with Crippen molar-refractivity contribution in [3.63, 3.8) is 0 Å². The van der Waals surface area contributed by atoms with Crippen molar-refractivity contribution >= 4 is 32.8 Å². The molecule has 0 saturated carbocycles. The number of thioether (sulfide) groups is 1. The van der Waals surface area contributed by atoms with Crippen molar-refractivity contribution in [3.8, 4) is 17.2 Å². The van der Waals surface area contributed by atoms with Gasteiger partial charge < -0.3 is 18.6 Å². The summed E-state index contributed by atoms with van der Waals surface area (Å²) in [5, 5.41) is 4.91. The van der Waals surface area contributed by atoms with E-state index in [0.717, 1.165) is 54.3 Å². The van der Waals surface area contributed by atoms with Gasteiger partial charge in [0.2, 0.25) is 10.0 Å². The second-order valence-corrected chi connectivity index (χ2v) is 12.3. The highest BCUT2D eigenvalue weighted by molar-refractivity contribution is 7.98. The second kappa shape index (κ2) is 10.7. The fourth-order valence-corrected chi connectivity index (χ4v) is 7.30. The van der Waals surface area contributed by atoms with Crippen molar-refractivity contribution in [1.29, 1.82) is 0 Å². The molecule has 1 unspecified atom stereocenters. The van der Waals surface area contributed by atoms with Gasteiger partial charge >= 0.3 is 0 Å². The molecule has 1 atom stereocenters. The Hall–Kier alpha value is -2.93. The summed E-state index contributed by atoms with van der Waals surface area (Å²) >= 11 is 1.49. The lowest BCUT2D eigenvalue weighted by Gasteiger charge is -2.16. The summed E-state index contributed by atoms with van der Waals surface area (Å²) in [6.07, 6.45) is 3.92. The molecule has 10 nitrogen and oxygen atoms in total. The fraction of sp³-hybridized carbons (Fsp3) is 0.423. The molecule has 0 N–H and O–H groups in total. The molecule has 0 bridgehead atoms. The van der Waals surface area contributed by atoms with Crippen LogP contribution in [0, 0.1) is 0 Å². The SMILES string of the molecule is COc1ccc(-c2nc(CSc3nc4cc(S(=O)(=O)N5CCCC5)ccc4n3CC3CCCO3)no2)cc1. The molecule has 200 valence electrons. The minimum absolute atomic E-state index is 0.103. The van der Waals surface area contributed by atoms with Gasteiger partial charge in [0.05, 0.1) is 41.4 Å². The Bertz CT molecular complexity index is 1520. The average molecular weight is 556 g/mol. The number of imidazole rings is 1. The molecule has 12 heteroatoms. The Morgan fingerprint density at radius 2 is 1.89 bits per heavy atom. The molecule has 4 aromatic rings. The Balaban J connectivity index is 1.26. The number of hydrogen-bond donors (Lipinski definition) is 0. The molecule has 0 amide bonds. The van der Waals surface area contributed by atoms with Gasteiger partial charge in [0.1, 0.15) is 5.75 Å². The zero-order chi connectivity index (χ0) is 26.1. The van der Waals surface area contributed by atoms with E-state index in [1.807, 2.05) is 30.3 Å². The van der Waals surface area contributed by atoms with Gasteiger partial charge in [-0.25, -0.2) is 13.4 Å². The molecule has 2 aliphatic heterocycles. The van der Waals surface area contributed by atoms with Crippen molar-refractivity contribution < 1.29 is 22.4 Å². The summed E-state index contributed by atoms with van der Waals surface area (Å²) in [5.74, 6) is 2.19. The van der Waals surface area contributed by atoms with Crippen molar-refractivity contribution in [2.45, 2.75) is 54.1 Å². The van der Waals surface area contributed by atoms with Crippen molar-refractivity contribution in [2.75, 3.05) is 26.8 Å². The van der Waals surface area contributed by atoms with Gasteiger partial charge in [-0.15, -0.1) is 0 Å². The number of hydrogen-bond acceptors (Lipinski definition) is 9. The zero-order valence-electron chi connectivity index (χ0n) is 21.1. The first-order valence-electron chi connectivity index (χ1n) is 12.7. The van der Waals surface area contributed by atoms with Crippen LogP contribution in [-0.2, 0) is 27.1 Å². The largest absolute Gasteiger partial charge is 0.497 e. The highest BCUT2D eigenvalue weighted by Crippen LogP contribution is 2.31. The van der Waals surface area contributed by atoms with Crippen molar-refractivity contribution in [1.82, 2.24) is 24.0 Å². The van der Waals surface area contributed by atoms with Crippen LogP contribution in [0.15, 0.2) is 57.0 Å². The van der Waals surface area contributed by atoms with Gasteiger partial charge in [0, 0.05) is 25.3 Å². The molecule has 2 saturated heterocycles. The van der Waals surface area contributed by atoms with E-state index in [9.17, 15) is 8.42 Å². The smallest absolute Gasteiger partial charge is 0.257 e. The van der Waals surface area contributed by atoms with Crippen molar-refractivity contribution in [3.05, 3.63) is 48.3 Å². The maximum absolute atomic E-state index is 13.1. The number of fused-ring (bicyclic) bond motifs is 1. The summed E-state index contributed by atoms with van der Waals surface area (Å²) in [4.78, 5) is 9.67. The molecule has 38 heavy (non-hydrogen) atoms. The maximum atomic E-state index is 13.1. The molecule has 2 aliphatic rings. The highest BCUT2D eigenvalue weighted by Gasteiger charge is 2.28. The topological polar surface area (TPSA) is 113 Å². The van der Waals surface area contributed by atoms with Gasteiger partial charge in [0.25, 0.3) is 5.89 Å². The molecule has 0 radical (unpaired) electrons. The quantitative estimate of drug-likeness (QED) is 0.278. The third-order valence-electron chi connectivity index (χ3n) is 6.93. The second-order valence-electron chi connectivity index (χ2n) is 9.43. The Morgan fingerprint density at radius 1 is 1.08 bits per heavy atom. The van der Waals surface area contributed by atoms with Gasteiger partial charge in [0.15, 0.2) is 11.0 Å². The van der Waals surface area contributed by atoms with Crippen LogP contribution in [0.25, 0.3) is 22.5 Å². The van der Waals surface area contributed by atoms with Crippen LogP contribution >= 0.6 is 11.8 Å². The van der Waals surface area contributed by atoms with Crippen LogP contribution in [0.4, 0.5) is 0 Å². The lowest BCUT2D eigenvalue weighted by Crippen LogP contribution is -2.27. The standard InChI is InChI=1S/C26H29N5O5S2/c1-34-19-8-6-18(7-9-19)25-28-24(29-36-25)17-37-26-27-22-15-21(38(32,33)30-12-2-3-13-30)10-11-23(22)31(26)16-20-5-4-14-35-20/h6-11,15,20H,2-5,12-14,16-17H2,1H3. The maximum Gasteiger partial charge on any atom is 0.257 e. The first-order chi connectivity index (χ1) is 18.5. The Labute approximate surface area is 225 Å². The fourth-order valence-electron chi connectivity index (χ4n) is 4.90. The van der Waals surface area contributed by atoms with Crippen molar-refractivity contribution in [2.24, 2.45) is 0 Å². The Morgan fingerprint density at radius 3 is 2.63 bits per heavy atom. The van der Waals surface area contributed by atoms with Gasteiger partial charge in [-0.05, 0) is 68.1 Å². The van der Waals surface area contributed by atoms with Crippen LogP contribution in [-0.4, -0.2) is 65.3 Å². The summed E-state index contributed by atoms with van der Waals surface area (Å²) in [6.45, 7) is 2.55. The molecule has 0 spiro atoms. The number of rotatable bonds is 9. The minimum Gasteiger partial charge on any atom is -0.497 e. The number of sulfonamides is 1. The van der Waals surface area contributed by atoms with E-state index in [4.69, 9.17) is 19.0 Å². The normalized spacial score (nSPS) is 18.5. The zero-order valence-corrected chi connectivity index (χ0v) is 22.7.